The molecule has 1 heterocycles. The van der Waals surface area contributed by atoms with Crippen molar-refractivity contribution in [1.29, 1.82) is 0 Å². The van der Waals surface area contributed by atoms with Gasteiger partial charge in [-0.05, 0) is 39.2 Å². The van der Waals surface area contributed by atoms with E-state index in [0.717, 1.165) is 12.0 Å². The molecule has 0 aliphatic carbocycles. The molecule has 0 radical (unpaired) electrons. The van der Waals surface area contributed by atoms with E-state index in [1.54, 1.807) is 4.90 Å². The quantitative estimate of drug-likeness (QED) is 0.924. The molecule has 2 rings (SSSR count). The summed E-state index contributed by atoms with van der Waals surface area (Å²) >= 11 is 0. The number of benzene rings is 1. The third kappa shape index (κ3) is 5.71. The molecule has 2 unspecified atom stereocenters. The van der Waals surface area contributed by atoms with E-state index in [4.69, 9.17) is 4.74 Å². The highest BCUT2D eigenvalue weighted by atomic mass is 16.6. The van der Waals surface area contributed by atoms with Crippen molar-refractivity contribution in [2.24, 2.45) is 5.92 Å². The maximum Gasteiger partial charge on any atom is 0.410 e. The van der Waals surface area contributed by atoms with Crippen molar-refractivity contribution in [2.75, 3.05) is 13.1 Å². The third-order valence-electron chi connectivity index (χ3n) is 3.89. The van der Waals surface area contributed by atoms with E-state index in [0.29, 0.717) is 19.5 Å². The number of hydrogen-bond acceptors (Lipinski definition) is 3. The van der Waals surface area contributed by atoms with Crippen LogP contribution in [0.2, 0.25) is 0 Å². The number of amides is 1. The minimum atomic E-state index is -0.490. The summed E-state index contributed by atoms with van der Waals surface area (Å²) in [4.78, 5) is 13.9. The molecule has 1 N–H and O–H groups in total. The summed E-state index contributed by atoms with van der Waals surface area (Å²) in [5, 5.41) is 10.2. The largest absolute Gasteiger partial charge is 0.444 e. The molecule has 4 heteroatoms. The van der Waals surface area contributed by atoms with E-state index < -0.39 is 5.60 Å². The number of piperidine rings is 1. The Balaban J connectivity index is 1.90. The Hall–Kier alpha value is -1.81. The highest BCUT2D eigenvalue weighted by molar-refractivity contribution is 5.68. The van der Waals surface area contributed by atoms with Crippen LogP contribution in [0.1, 0.15) is 39.2 Å². The lowest BCUT2D eigenvalue weighted by Crippen LogP contribution is -2.47. The Labute approximate surface area is 138 Å². The molecule has 126 valence electrons. The number of carbonyl (C=O) groups is 1. The van der Waals surface area contributed by atoms with Crippen LogP contribution in [0.25, 0.3) is 6.08 Å². The fraction of sp³-hybridized carbons (Fsp3) is 0.526. The van der Waals surface area contributed by atoms with Gasteiger partial charge in [0.25, 0.3) is 0 Å². The first-order valence-corrected chi connectivity index (χ1v) is 8.23. The molecule has 1 aromatic carbocycles. The van der Waals surface area contributed by atoms with Crippen LogP contribution in [0.3, 0.4) is 0 Å². The van der Waals surface area contributed by atoms with Crippen LogP contribution in [0, 0.1) is 5.92 Å². The zero-order chi connectivity index (χ0) is 16.9. The number of hydrogen-bond donors (Lipinski definition) is 1. The number of likely N-dealkylation sites (tertiary alicyclic amines) is 1. The van der Waals surface area contributed by atoms with Crippen LogP contribution in [-0.4, -0.2) is 40.9 Å². The molecule has 1 fully saturated rings. The van der Waals surface area contributed by atoms with Crippen molar-refractivity contribution in [1.82, 2.24) is 4.90 Å². The van der Waals surface area contributed by atoms with Crippen LogP contribution in [0.5, 0.6) is 0 Å². The number of allylic oxidation sites excluding steroid dienone is 1. The van der Waals surface area contributed by atoms with E-state index >= 15 is 0 Å². The fourth-order valence-corrected chi connectivity index (χ4v) is 2.69. The minimum Gasteiger partial charge on any atom is -0.444 e. The lowest BCUT2D eigenvalue weighted by atomic mass is 9.91. The molecule has 23 heavy (non-hydrogen) atoms. The summed E-state index contributed by atoms with van der Waals surface area (Å²) in [6.07, 6.45) is 4.81. The van der Waals surface area contributed by atoms with Gasteiger partial charge in [-0.15, -0.1) is 0 Å². The number of rotatable bonds is 3. The second-order valence-electron chi connectivity index (χ2n) is 7.09. The summed E-state index contributed by atoms with van der Waals surface area (Å²) in [6.45, 7) is 6.68. The molecule has 0 aromatic heterocycles. The van der Waals surface area contributed by atoms with Crippen LogP contribution >= 0.6 is 0 Å². The first-order chi connectivity index (χ1) is 10.8. The van der Waals surface area contributed by atoms with Crippen molar-refractivity contribution in [3.63, 3.8) is 0 Å². The highest BCUT2D eigenvalue weighted by Gasteiger charge is 2.31. The molecule has 1 aliphatic rings. The Morgan fingerprint density at radius 1 is 1.35 bits per heavy atom. The molecule has 1 saturated heterocycles. The van der Waals surface area contributed by atoms with E-state index in [-0.39, 0.29) is 18.1 Å². The molecule has 0 saturated carbocycles. The van der Waals surface area contributed by atoms with E-state index in [1.807, 2.05) is 51.1 Å². The molecule has 4 nitrogen and oxygen atoms in total. The first-order valence-electron chi connectivity index (χ1n) is 8.23. The zero-order valence-corrected chi connectivity index (χ0v) is 14.2. The Kier molecular flexibility index (Phi) is 5.83. The average molecular weight is 317 g/mol. The van der Waals surface area contributed by atoms with Crippen molar-refractivity contribution in [2.45, 2.75) is 45.3 Å². The molecular weight excluding hydrogens is 290 g/mol. The summed E-state index contributed by atoms with van der Waals surface area (Å²) in [7, 11) is 0. The second kappa shape index (κ2) is 7.64. The molecule has 1 aromatic rings. The Morgan fingerprint density at radius 2 is 2.04 bits per heavy atom. The predicted octanol–water partition coefficient (Wildman–Crippen LogP) is 3.71. The van der Waals surface area contributed by atoms with Gasteiger partial charge in [-0.25, -0.2) is 4.79 Å². The van der Waals surface area contributed by atoms with Crippen LogP contribution in [0.15, 0.2) is 36.4 Å². The van der Waals surface area contributed by atoms with Crippen molar-refractivity contribution in [3.05, 3.63) is 42.0 Å². The normalized spacial score (nSPS) is 22.3. The minimum absolute atomic E-state index is 0.0521. The smallest absolute Gasteiger partial charge is 0.410 e. The fourth-order valence-electron chi connectivity index (χ4n) is 2.69. The van der Waals surface area contributed by atoms with Gasteiger partial charge < -0.3 is 14.7 Å². The van der Waals surface area contributed by atoms with Gasteiger partial charge in [0, 0.05) is 19.0 Å². The van der Waals surface area contributed by atoms with Crippen molar-refractivity contribution in [3.8, 4) is 0 Å². The predicted molar refractivity (Wildman–Crippen MR) is 92.0 cm³/mol. The van der Waals surface area contributed by atoms with Gasteiger partial charge in [-0.3, -0.25) is 0 Å². The number of nitrogens with zero attached hydrogens (tertiary/aromatic N) is 1. The molecule has 0 bridgehead atoms. The van der Waals surface area contributed by atoms with Crippen LogP contribution in [0.4, 0.5) is 4.79 Å². The Bertz CT molecular complexity index is 533. The van der Waals surface area contributed by atoms with Gasteiger partial charge in [0.05, 0.1) is 6.10 Å². The lowest BCUT2D eigenvalue weighted by molar-refractivity contribution is -0.00769. The standard InChI is InChI=1S/C19H27NO3/c1-19(2,3)23-18(22)20-13-12-17(21)16(14-20)11-7-10-15-8-5-4-6-9-15/h4-10,16-17,21H,11-14H2,1-3H3/b10-7+. The van der Waals surface area contributed by atoms with Gasteiger partial charge in [0.1, 0.15) is 5.60 Å². The van der Waals surface area contributed by atoms with Crippen LogP contribution < -0.4 is 0 Å². The summed E-state index contributed by atoms with van der Waals surface area (Å²) in [6, 6.07) is 10.1. The van der Waals surface area contributed by atoms with Gasteiger partial charge in [0.15, 0.2) is 0 Å². The number of ether oxygens (including phenoxy) is 1. The molecule has 1 aliphatic heterocycles. The molecular formula is C19H27NO3. The lowest BCUT2D eigenvalue weighted by Gasteiger charge is -2.36. The van der Waals surface area contributed by atoms with Gasteiger partial charge in [-0.2, -0.15) is 0 Å². The number of carbonyl (C=O) groups excluding carboxylic acids is 1. The highest BCUT2D eigenvalue weighted by Crippen LogP contribution is 2.23. The van der Waals surface area contributed by atoms with Gasteiger partial charge in [-0.1, -0.05) is 42.5 Å². The molecule has 1 amide bonds. The van der Waals surface area contributed by atoms with Crippen molar-refractivity contribution >= 4 is 12.2 Å². The third-order valence-corrected chi connectivity index (χ3v) is 3.89. The topological polar surface area (TPSA) is 49.8 Å². The number of aliphatic hydroxyl groups is 1. The van der Waals surface area contributed by atoms with Crippen molar-refractivity contribution < 1.29 is 14.6 Å². The SMILES string of the molecule is CC(C)(C)OC(=O)N1CCC(O)C(C/C=C/c2ccccc2)C1. The van der Waals surface area contributed by atoms with Gasteiger partial charge >= 0.3 is 6.09 Å². The summed E-state index contributed by atoms with van der Waals surface area (Å²) < 4.78 is 5.42. The maximum atomic E-state index is 12.2. The van der Waals surface area contributed by atoms with Gasteiger partial charge in [0.2, 0.25) is 0 Å². The monoisotopic (exact) mass is 317 g/mol. The Morgan fingerprint density at radius 3 is 2.70 bits per heavy atom. The molecule has 0 spiro atoms. The van der Waals surface area contributed by atoms with Crippen LogP contribution in [-0.2, 0) is 4.74 Å². The van der Waals surface area contributed by atoms with E-state index in [1.165, 1.54) is 0 Å². The maximum absolute atomic E-state index is 12.2. The molecule has 2 atom stereocenters. The zero-order valence-electron chi connectivity index (χ0n) is 14.2. The second-order valence-corrected chi connectivity index (χ2v) is 7.09. The summed E-state index contributed by atoms with van der Waals surface area (Å²) in [5.74, 6) is 0.0521. The van der Waals surface area contributed by atoms with E-state index in [9.17, 15) is 9.90 Å². The number of aliphatic hydroxyl groups excluding tert-OH is 1. The summed E-state index contributed by atoms with van der Waals surface area (Å²) in [5.41, 5.74) is 0.650. The van der Waals surface area contributed by atoms with E-state index in [2.05, 4.69) is 12.2 Å². The first kappa shape index (κ1) is 17.5. The average Bonchev–Trinajstić information content (AvgIpc) is 2.48.